The van der Waals surface area contributed by atoms with E-state index in [0.29, 0.717) is 17.8 Å². The van der Waals surface area contributed by atoms with Crippen molar-refractivity contribution in [1.29, 1.82) is 0 Å². The predicted octanol–water partition coefficient (Wildman–Crippen LogP) is 3.56. The average Bonchev–Trinajstić information content (AvgIpc) is 3.38. The quantitative estimate of drug-likeness (QED) is 0.626. The van der Waals surface area contributed by atoms with Gasteiger partial charge in [0.15, 0.2) is 11.5 Å². The van der Waals surface area contributed by atoms with E-state index in [4.69, 9.17) is 4.98 Å². The first-order valence-corrected chi connectivity index (χ1v) is 10.3. The third-order valence-corrected chi connectivity index (χ3v) is 6.03. The molecule has 28 heavy (non-hydrogen) atoms. The van der Waals surface area contributed by atoms with Crippen LogP contribution in [0.2, 0.25) is 0 Å². The smallest absolute Gasteiger partial charge is 0.180 e. The highest BCUT2D eigenvalue weighted by molar-refractivity contribution is 9.10. The molecule has 0 bridgehead atoms. The molecular weight excluding hydrogens is 418 g/mol. The summed E-state index contributed by atoms with van der Waals surface area (Å²) in [5.74, 6) is 2.12. The van der Waals surface area contributed by atoms with Crippen molar-refractivity contribution in [2.24, 2.45) is 10.9 Å². The fraction of sp³-hybridized carbons (Fsp3) is 0.350. The van der Waals surface area contributed by atoms with Gasteiger partial charge in [-0.05, 0) is 47.3 Å². The lowest BCUT2D eigenvalue weighted by molar-refractivity contribution is 0.388. The summed E-state index contributed by atoms with van der Waals surface area (Å²) in [6.45, 7) is 4.10. The van der Waals surface area contributed by atoms with E-state index in [1.165, 1.54) is 12.0 Å². The second-order valence-corrected chi connectivity index (χ2v) is 8.01. The lowest BCUT2D eigenvalue weighted by Crippen LogP contribution is -2.44. The van der Waals surface area contributed by atoms with Crippen LogP contribution in [-0.4, -0.2) is 49.7 Å². The zero-order chi connectivity index (χ0) is 19.1. The van der Waals surface area contributed by atoms with Gasteiger partial charge in [0.2, 0.25) is 0 Å². The number of fused-ring (bicyclic) bond motifs is 1. The van der Waals surface area contributed by atoms with Crippen molar-refractivity contribution in [2.45, 2.75) is 25.8 Å². The topological polar surface area (TPSA) is 71.6 Å². The van der Waals surface area contributed by atoms with Crippen molar-refractivity contribution >= 4 is 33.6 Å². The molecule has 2 aliphatic heterocycles. The van der Waals surface area contributed by atoms with Gasteiger partial charge in [-0.25, -0.2) is 19.9 Å². The highest BCUT2D eigenvalue weighted by atomic mass is 79.9. The van der Waals surface area contributed by atoms with Crippen LogP contribution in [0.4, 0.5) is 5.82 Å². The highest BCUT2D eigenvalue weighted by Crippen LogP contribution is 2.33. The van der Waals surface area contributed by atoms with Crippen molar-refractivity contribution in [1.82, 2.24) is 24.3 Å². The Balaban J connectivity index is 1.50. The van der Waals surface area contributed by atoms with E-state index in [2.05, 4.69) is 53.8 Å². The Bertz CT molecular complexity index is 1090. The molecule has 7 nitrogen and oxygen atoms in total. The number of anilines is 1. The van der Waals surface area contributed by atoms with Crippen LogP contribution >= 0.6 is 15.9 Å². The third kappa shape index (κ3) is 3.01. The minimum atomic E-state index is 0.368. The van der Waals surface area contributed by atoms with Gasteiger partial charge >= 0.3 is 0 Å². The number of hydrogen-bond donors (Lipinski definition) is 0. The molecule has 8 heteroatoms. The monoisotopic (exact) mass is 437 g/mol. The average molecular weight is 438 g/mol. The fourth-order valence-corrected chi connectivity index (χ4v) is 4.50. The number of aliphatic imine (C=N–C) groups is 1. The van der Waals surface area contributed by atoms with Crippen LogP contribution in [0.25, 0.3) is 17.2 Å². The van der Waals surface area contributed by atoms with Gasteiger partial charge in [0.1, 0.15) is 16.1 Å². The van der Waals surface area contributed by atoms with Crippen molar-refractivity contribution in [3.63, 3.8) is 0 Å². The van der Waals surface area contributed by atoms with Gasteiger partial charge in [-0.1, -0.05) is 6.08 Å². The normalized spacial score (nSPS) is 22.1. The van der Waals surface area contributed by atoms with Gasteiger partial charge in [0, 0.05) is 37.1 Å². The molecule has 0 N–H and O–H groups in total. The van der Waals surface area contributed by atoms with Gasteiger partial charge < -0.3 is 4.90 Å². The molecule has 1 saturated heterocycles. The van der Waals surface area contributed by atoms with Gasteiger partial charge in [0.25, 0.3) is 0 Å². The van der Waals surface area contributed by atoms with Crippen LogP contribution < -0.4 is 4.90 Å². The first kappa shape index (κ1) is 17.5. The first-order chi connectivity index (χ1) is 13.7. The lowest BCUT2D eigenvalue weighted by atomic mass is 9.84. The van der Waals surface area contributed by atoms with E-state index >= 15 is 0 Å². The minimum Gasteiger partial charge on any atom is -0.353 e. The number of hydrogen-bond acceptors (Lipinski definition) is 6. The SMILES string of the molecule is CC1C(C2=CCN=C2)CCCN1c1ccnc(-c2cnc3cnc(Br)cn23)n1. The molecule has 5 heterocycles. The van der Waals surface area contributed by atoms with E-state index in [0.717, 1.165) is 41.3 Å². The summed E-state index contributed by atoms with van der Waals surface area (Å²) in [6, 6.07) is 2.37. The molecule has 2 aliphatic rings. The summed E-state index contributed by atoms with van der Waals surface area (Å²) in [7, 11) is 0. The molecule has 0 spiro atoms. The predicted molar refractivity (Wildman–Crippen MR) is 113 cm³/mol. The molecule has 3 aromatic heterocycles. The summed E-state index contributed by atoms with van der Waals surface area (Å²) < 4.78 is 2.70. The van der Waals surface area contributed by atoms with E-state index in [1.54, 1.807) is 12.4 Å². The van der Waals surface area contributed by atoms with E-state index in [9.17, 15) is 0 Å². The van der Waals surface area contributed by atoms with Gasteiger partial charge in [0.05, 0.1) is 18.9 Å². The Kier molecular flexibility index (Phi) is 4.43. The molecule has 5 rings (SSSR count). The summed E-state index contributed by atoms with van der Waals surface area (Å²) in [6.07, 6.45) is 13.9. The van der Waals surface area contributed by atoms with E-state index in [-0.39, 0.29) is 0 Å². The summed E-state index contributed by atoms with van der Waals surface area (Å²) >= 11 is 3.42. The van der Waals surface area contributed by atoms with E-state index in [1.807, 2.05) is 29.1 Å². The van der Waals surface area contributed by atoms with Crippen molar-refractivity contribution in [3.8, 4) is 11.5 Å². The third-order valence-electron chi connectivity index (χ3n) is 5.62. The van der Waals surface area contributed by atoms with Crippen LogP contribution in [0.15, 0.2) is 52.1 Å². The molecule has 0 aromatic carbocycles. The van der Waals surface area contributed by atoms with Crippen molar-refractivity contribution < 1.29 is 0 Å². The van der Waals surface area contributed by atoms with Crippen molar-refractivity contribution in [2.75, 3.05) is 18.0 Å². The first-order valence-electron chi connectivity index (χ1n) is 9.49. The molecule has 0 saturated carbocycles. The number of aromatic nitrogens is 5. The van der Waals surface area contributed by atoms with Gasteiger partial charge in [-0.3, -0.25) is 9.39 Å². The Morgan fingerprint density at radius 1 is 1.18 bits per heavy atom. The molecule has 2 atom stereocenters. The molecule has 2 unspecified atom stereocenters. The number of halogens is 1. The summed E-state index contributed by atoms with van der Waals surface area (Å²) in [4.78, 5) is 24.8. The Morgan fingerprint density at radius 3 is 2.96 bits per heavy atom. The minimum absolute atomic E-state index is 0.368. The fourth-order valence-electron chi connectivity index (χ4n) is 4.19. The zero-order valence-electron chi connectivity index (χ0n) is 15.5. The molecule has 3 aromatic rings. The molecule has 0 radical (unpaired) electrons. The zero-order valence-corrected chi connectivity index (χ0v) is 17.1. The number of rotatable bonds is 3. The molecule has 142 valence electrons. The Hall–Kier alpha value is -2.61. The number of nitrogens with zero attached hydrogens (tertiary/aromatic N) is 7. The highest BCUT2D eigenvalue weighted by Gasteiger charge is 2.31. The Morgan fingerprint density at radius 2 is 2.11 bits per heavy atom. The molecule has 1 fully saturated rings. The van der Waals surface area contributed by atoms with Crippen LogP contribution in [0.3, 0.4) is 0 Å². The summed E-state index contributed by atoms with van der Waals surface area (Å²) in [5, 5.41) is 0. The second kappa shape index (κ2) is 7.09. The maximum absolute atomic E-state index is 4.90. The van der Waals surface area contributed by atoms with Crippen LogP contribution in [-0.2, 0) is 0 Å². The maximum Gasteiger partial charge on any atom is 0.180 e. The van der Waals surface area contributed by atoms with Gasteiger partial charge in [-0.2, -0.15) is 0 Å². The number of imidazole rings is 1. The van der Waals surface area contributed by atoms with Crippen LogP contribution in [0.1, 0.15) is 19.8 Å². The van der Waals surface area contributed by atoms with Crippen LogP contribution in [0, 0.1) is 5.92 Å². The standard InChI is InChI=1S/C20H20BrN7/c1-13-15(14-4-6-22-9-14)3-2-8-27(13)18-5-7-23-20(26-18)16-10-25-19-11-24-17(21)12-28(16)19/h4-5,7,9-13,15H,2-3,6,8H2,1H3. The van der Waals surface area contributed by atoms with E-state index < -0.39 is 0 Å². The molecule has 0 aliphatic carbocycles. The Labute approximate surface area is 171 Å². The second-order valence-electron chi connectivity index (χ2n) is 7.20. The largest absolute Gasteiger partial charge is 0.353 e. The van der Waals surface area contributed by atoms with Crippen molar-refractivity contribution in [3.05, 3.63) is 47.1 Å². The lowest BCUT2D eigenvalue weighted by Gasteiger charge is -2.40. The molecular formula is C20H20BrN7. The van der Waals surface area contributed by atoms with Crippen LogP contribution in [0.5, 0.6) is 0 Å². The summed E-state index contributed by atoms with van der Waals surface area (Å²) in [5.41, 5.74) is 2.99. The molecule has 0 amide bonds. The van der Waals surface area contributed by atoms with Gasteiger partial charge in [-0.15, -0.1) is 0 Å². The number of piperidine rings is 1. The maximum atomic E-state index is 4.90.